The SMILES string of the molecule is CCCCCC[C@H](C)NC(=O)CN1C(=O)NC2(CCC(C)CC2)C1=O. The number of amides is 4. The number of nitrogens with one attached hydrogen (secondary N) is 2. The molecule has 1 saturated carbocycles. The van der Waals surface area contributed by atoms with Gasteiger partial charge in [0.1, 0.15) is 12.1 Å². The monoisotopic (exact) mass is 351 g/mol. The molecule has 2 rings (SSSR count). The van der Waals surface area contributed by atoms with Crippen LogP contribution < -0.4 is 10.6 Å². The number of urea groups is 1. The van der Waals surface area contributed by atoms with E-state index in [2.05, 4.69) is 24.5 Å². The van der Waals surface area contributed by atoms with E-state index < -0.39 is 11.6 Å². The lowest BCUT2D eigenvalue weighted by Gasteiger charge is -2.33. The predicted molar refractivity (Wildman–Crippen MR) is 97.0 cm³/mol. The van der Waals surface area contributed by atoms with Gasteiger partial charge < -0.3 is 10.6 Å². The van der Waals surface area contributed by atoms with Crippen molar-refractivity contribution in [2.24, 2.45) is 5.92 Å². The second kappa shape index (κ2) is 8.68. The minimum Gasteiger partial charge on any atom is -0.352 e. The van der Waals surface area contributed by atoms with E-state index in [1.54, 1.807) is 0 Å². The van der Waals surface area contributed by atoms with Gasteiger partial charge >= 0.3 is 6.03 Å². The maximum atomic E-state index is 12.7. The van der Waals surface area contributed by atoms with Crippen LogP contribution in [-0.4, -0.2) is 40.9 Å². The van der Waals surface area contributed by atoms with Crippen LogP contribution in [0, 0.1) is 5.92 Å². The second-order valence-electron chi connectivity index (χ2n) is 7.90. The van der Waals surface area contributed by atoms with E-state index in [-0.39, 0.29) is 24.4 Å². The third kappa shape index (κ3) is 4.95. The van der Waals surface area contributed by atoms with Gasteiger partial charge in [0.25, 0.3) is 5.91 Å². The number of hydrogen-bond donors (Lipinski definition) is 2. The van der Waals surface area contributed by atoms with Gasteiger partial charge in [0.2, 0.25) is 5.91 Å². The Morgan fingerprint density at radius 2 is 1.96 bits per heavy atom. The van der Waals surface area contributed by atoms with Crippen molar-refractivity contribution in [3.8, 4) is 0 Å². The van der Waals surface area contributed by atoms with Crippen molar-refractivity contribution in [1.82, 2.24) is 15.5 Å². The summed E-state index contributed by atoms with van der Waals surface area (Å²) in [5.74, 6) is 0.101. The van der Waals surface area contributed by atoms with E-state index in [0.717, 1.165) is 30.6 Å². The second-order valence-corrected chi connectivity index (χ2v) is 7.90. The molecule has 0 bridgehead atoms. The minimum atomic E-state index is -0.768. The third-order valence-corrected chi connectivity index (χ3v) is 5.57. The quantitative estimate of drug-likeness (QED) is 0.521. The first-order chi connectivity index (χ1) is 11.9. The van der Waals surface area contributed by atoms with Crippen molar-refractivity contribution >= 4 is 17.8 Å². The first kappa shape index (κ1) is 19.7. The fourth-order valence-corrected chi connectivity index (χ4v) is 3.83. The van der Waals surface area contributed by atoms with Gasteiger partial charge in [0.15, 0.2) is 0 Å². The molecule has 2 aliphatic rings. The molecular formula is C19H33N3O3. The van der Waals surface area contributed by atoms with Gasteiger partial charge in [-0.15, -0.1) is 0 Å². The van der Waals surface area contributed by atoms with E-state index in [9.17, 15) is 14.4 Å². The van der Waals surface area contributed by atoms with Crippen LogP contribution in [0.25, 0.3) is 0 Å². The molecule has 0 radical (unpaired) electrons. The highest BCUT2D eigenvalue weighted by Crippen LogP contribution is 2.36. The maximum Gasteiger partial charge on any atom is 0.325 e. The predicted octanol–water partition coefficient (Wildman–Crippen LogP) is 2.96. The number of carbonyl (C=O) groups is 3. The van der Waals surface area contributed by atoms with Gasteiger partial charge in [-0.05, 0) is 44.9 Å². The number of rotatable bonds is 8. The van der Waals surface area contributed by atoms with Crippen LogP contribution in [0.5, 0.6) is 0 Å². The van der Waals surface area contributed by atoms with Gasteiger partial charge in [0.05, 0.1) is 0 Å². The highest BCUT2D eigenvalue weighted by Gasteiger charge is 2.52. The molecule has 2 fully saturated rings. The Morgan fingerprint density at radius 3 is 2.60 bits per heavy atom. The van der Waals surface area contributed by atoms with Crippen LogP contribution in [0.15, 0.2) is 0 Å². The van der Waals surface area contributed by atoms with Gasteiger partial charge in [-0.2, -0.15) is 0 Å². The molecule has 1 aliphatic carbocycles. The first-order valence-corrected chi connectivity index (χ1v) is 9.81. The Morgan fingerprint density at radius 1 is 1.28 bits per heavy atom. The molecule has 6 nitrogen and oxygen atoms in total. The highest BCUT2D eigenvalue weighted by atomic mass is 16.2. The van der Waals surface area contributed by atoms with Crippen molar-refractivity contribution in [2.75, 3.05) is 6.54 Å². The smallest absolute Gasteiger partial charge is 0.325 e. The van der Waals surface area contributed by atoms with Crippen molar-refractivity contribution < 1.29 is 14.4 Å². The molecule has 0 aromatic heterocycles. The Labute approximate surface area is 151 Å². The summed E-state index contributed by atoms with van der Waals surface area (Å²) in [7, 11) is 0. The Bertz CT molecular complexity index is 498. The lowest BCUT2D eigenvalue weighted by atomic mass is 9.77. The summed E-state index contributed by atoms with van der Waals surface area (Å²) in [5.41, 5.74) is -0.768. The first-order valence-electron chi connectivity index (χ1n) is 9.81. The molecule has 1 saturated heterocycles. The Balaban J connectivity index is 1.82. The largest absolute Gasteiger partial charge is 0.352 e. The topological polar surface area (TPSA) is 78.5 Å². The molecule has 6 heteroatoms. The van der Waals surface area contributed by atoms with E-state index in [0.29, 0.717) is 18.8 Å². The van der Waals surface area contributed by atoms with Crippen LogP contribution >= 0.6 is 0 Å². The van der Waals surface area contributed by atoms with Gasteiger partial charge in [-0.1, -0.05) is 39.5 Å². The van der Waals surface area contributed by atoms with E-state index >= 15 is 0 Å². The number of unbranched alkanes of at least 4 members (excludes halogenated alkanes) is 3. The molecule has 1 aliphatic heterocycles. The van der Waals surface area contributed by atoms with Crippen molar-refractivity contribution in [3.63, 3.8) is 0 Å². The van der Waals surface area contributed by atoms with Gasteiger partial charge in [-0.25, -0.2) is 4.79 Å². The van der Waals surface area contributed by atoms with E-state index in [1.165, 1.54) is 19.3 Å². The summed E-state index contributed by atoms with van der Waals surface area (Å²) in [5, 5.41) is 5.76. The summed E-state index contributed by atoms with van der Waals surface area (Å²) in [6.07, 6.45) is 8.78. The molecule has 2 N–H and O–H groups in total. The number of hydrogen-bond acceptors (Lipinski definition) is 3. The third-order valence-electron chi connectivity index (χ3n) is 5.57. The van der Waals surface area contributed by atoms with Crippen molar-refractivity contribution in [2.45, 2.75) is 90.1 Å². The standard InChI is InChI=1S/C19H33N3O3/c1-4-5-6-7-8-15(3)20-16(23)13-22-17(24)19(21-18(22)25)11-9-14(2)10-12-19/h14-15H,4-13H2,1-3H3,(H,20,23)(H,21,25)/t14?,15-,19?/m0/s1. The van der Waals surface area contributed by atoms with Crippen LogP contribution in [0.1, 0.15) is 78.6 Å². The van der Waals surface area contributed by atoms with Gasteiger partial charge in [0, 0.05) is 6.04 Å². The van der Waals surface area contributed by atoms with Crippen molar-refractivity contribution in [3.05, 3.63) is 0 Å². The maximum absolute atomic E-state index is 12.7. The summed E-state index contributed by atoms with van der Waals surface area (Å²) in [4.78, 5) is 38.3. The van der Waals surface area contributed by atoms with E-state index in [1.807, 2.05) is 6.92 Å². The fraction of sp³-hybridized carbons (Fsp3) is 0.842. The van der Waals surface area contributed by atoms with Crippen LogP contribution in [0.2, 0.25) is 0 Å². The summed E-state index contributed by atoms with van der Waals surface area (Å²) in [6.45, 7) is 6.13. The summed E-state index contributed by atoms with van der Waals surface area (Å²) in [6, 6.07) is -0.361. The lowest BCUT2D eigenvalue weighted by Crippen LogP contribution is -2.50. The average Bonchev–Trinajstić information content (AvgIpc) is 2.79. The highest BCUT2D eigenvalue weighted by molar-refractivity contribution is 6.09. The minimum absolute atomic E-state index is 0.0645. The van der Waals surface area contributed by atoms with Crippen LogP contribution in [0.3, 0.4) is 0 Å². The molecule has 25 heavy (non-hydrogen) atoms. The zero-order chi connectivity index (χ0) is 18.4. The number of nitrogens with zero attached hydrogens (tertiary/aromatic N) is 1. The van der Waals surface area contributed by atoms with Gasteiger partial charge in [-0.3, -0.25) is 14.5 Å². The number of imide groups is 1. The zero-order valence-corrected chi connectivity index (χ0v) is 15.9. The normalized spacial score (nSPS) is 27.5. The molecule has 1 spiro atoms. The molecule has 0 aromatic rings. The zero-order valence-electron chi connectivity index (χ0n) is 15.9. The summed E-state index contributed by atoms with van der Waals surface area (Å²) >= 11 is 0. The Hall–Kier alpha value is -1.59. The average molecular weight is 351 g/mol. The molecule has 142 valence electrons. The fourth-order valence-electron chi connectivity index (χ4n) is 3.83. The molecule has 1 atom stereocenters. The summed E-state index contributed by atoms with van der Waals surface area (Å²) < 4.78 is 0. The molecule has 4 amide bonds. The molecule has 1 heterocycles. The van der Waals surface area contributed by atoms with E-state index in [4.69, 9.17) is 0 Å². The Kier molecular flexibility index (Phi) is 6.85. The van der Waals surface area contributed by atoms with Crippen LogP contribution in [0.4, 0.5) is 4.79 Å². The molecular weight excluding hydrogens is 318 g/mol. The van der Waals surface area contributed by atoms with Crippen LogP contribution in [-0.2, 0) is 9.59 Å². The number of carbonyl (C=O) groups excluding carboxylic acids is 3. The molecule has 0 aromatic carbocycles. The molecule has 0 unspecified atom stereocenters. The lowest BCUT2D eigenvalue weighted by molar-refractivity contribution is -0.136. The van der Waals surface area contributed by atoms with Crippen molar-refractivity contribution in [1.29, 1.82) is 0 Å².